The van der Waals surface area contributed by atoms with Crippen LogP contribution in [0.3, 0.4) is 0 Å². The molecule has 10 heteroatoms. The molecule has 4 atom stereocenters. The number of rotatable bonds is 4. The summed E-state index contributed by atoms with van der Waals surface area (Å²) in [5, 5.41) is 0.0762. The van der Waals surface area contributed by atoms with Gasteiger partial charge < -0.3 is 23.2 Å². The van der Waals surface area contributed by atoms with E-state index in [1.165, 1.54) is 0 Å². The fourth-order valence-corrected chi connectivity index (χ4v) is 5.58. The van der Waals surface area contributed by atoms with Crippen molar-refractivity contribution in [3.8, 4) is 0 Å². The lowest BCUT2D eigenvalue weighted by molar-refractivity contribution is -0.139. The van der Waals surface area contributed by atoms with E-state index in [1.54, 1.807) is 11.9 Å². The first-order chi connectivity index (χ1) is 13.4. The van der Waals surface area contributed by atoms with Gasteiger partial charge in [0, 0.05) is 7.05 Å². The first-order valence-corrected chi connectivity index (χ1v) is 16.5. The van der Waals surface area contributed by atoms with Crippen LogP contribution in [-0.4, -0.2) is 76.9 Å². The highest BCUT2D eigenvalue weighted by molar-refractivity contribution is 6.74. The number of hydrogen-bond donors (Lipinski definition) is 0. The molecule has 2 saturated heterocycles. The molecular formula is C20H39N3O5Si2. The van der Waals surface area contributed by atoms with Crippen LogP contribution in [0.5, 0.6) is 0 Å². The molecule has 0 saturated carbocycles. The largest absolute Gasteiger partial charge is 0.454 e. The summed E-state index contributed by atoms with van der Waals surface area (Å²) in [7, 11) is -2.52. The van der Waals surface area contributed by atoms with Crippen LogP contribution < -0.4 is 0 Å². The van der Waals surface area contributed by atoms with E-state index in [0.29, 0.717) is 12.7 Å². The zero-order chi connectivity index (χ0) is 22.9. The Hall–Kier alpha value is -0.946. The molecule has 0 aliphatic carbocycles. The zero-order valence-corrected chi connectivity index (χ0v) is 22.4. The van der Waals surface area contributed by atoms with Crippen molar-refractivity contribution in [2.75, 3.05) is 13.7 Å². The number of fused-ring (bicyclic) bond motifs is 3. The number of amides is 2. The maximum atomic E-state index is 12.0. The van der Waals surface area contributed by atoms with Gasteiger partial charge in [-0.2, -0.15) is 0 Å². The van der Waals surface area contributed by atoms with Crippen molar-refractivity contribution in [3.63, 3.8) is 0 Å². The first-order valence-electron chi connectivity index (χ1n) is 10.7. The summed E-state index contributed by atoms with van der Waals surface area (Å²) in [5.74, 6) is 0. The topological polar surface area (TPSA) is 72.8 Å². The molecule has 3 rings (SSSR count). The Labute approximate surface area is 183 Å². The van der Waals surface area contributed by atoms with Crippen molar-refractivity contribution >= 4 is 28.7 Å². The minimum absolute atomic E-state index is 0.0337. The number of amidine groups is 1. The van der Waals surface area contributed by atoms with E-state index in [1.807, 2.05) is 4.90 Å². The number of carbonyl (C=O) groups excluding carboxylic acids is 1. The van der Waals surface area contributed by atoms with E-state index in [2.05, 4.69) is 72.7 Å². The van der Waals surface area contributed by atoms with E-state index < -0.39 is 22.9 Å². The monoisotopic (exact) mass is 457 g/mol. The molecule has 0 aromatic rings. The lowest BCUT2D eigenvalue weighted by Crippen LogP contribution is -2.53. The van der Waals surface area contributed by atoms with E-state index in [0.717, 1.165) is 0 Å². The third-order valence-electron chi connectivity index (χ3n) is 7.28. The molecule has 0 aromatic carbocycles. The Morgan fingerprint density at radius 1 is 1.00 bits per heavy atom. The molecule has 3 aliphatic rings. The van der Waals surface area contributed by atoms with Crippen LogP contribution in [0.2, 0.25) is 36.3 Å². The summed E-state index contributed by atoms with van der Waals surface area (Å²) in [6.45, 7) is 22.5. The van der Waals surface area contributed by atoms with Crippen molar-refractivity contribution in [1.82, 2.24) is 9.80 Å². The highest BCUT2D eigenvalue weighted by atomic mass is 28.4. The second-order valence-corrected chi connectivity index (χ2v) is 21.2. The first kappa shape index (κ1) is 23.7. The number of ether oxygens (including phenoxy) is 2. The van der Waals surface area contributed by atoms with E-state index >= 15 is 0 Å². The van der Waals surface area contributed by atoms with Gasteiger partial charge in [0.1, 0.15) is 12.8 Å². The van der Waals surface area contributed by atoms with Crippen molar-refractivity contribution in [2.24, 2.45) is 4.99 Å². The predicted molar refractivity (Wildman–Crippen MR) is 121 cm³/mol. The minimum atomic E-state index is -2.13. The Bertz CT molecular complexity index is 729. The molecule has 0 radical (unpaired) electrons. The average molecular weight is 458 g/mol. The number of hydrogen-bond acceptors (Lipinski definition) is 6. The molecule has 8 nitrogen and oxygen atoms in total. The maximum Gasteiger partial charge on any atom is 0.349 e. The van der Waals surface area contributed by atoms with Crippen molar-refractivity contribution in [1.29, 1.82) is 0 Å². The van der Waals surface area contributed by atoms with Gasteiger partial charge >= 0.3 is 12.1 Å². The summed E-state index contributed by atoms with van der Waals surface area (Å²) >= 11 is 0. The summed E-state index contributed by atoms with van der Waals surface area (Å²) in [6.07, 6.45) is -1.66. The van der Waals surface area contributed by atoms with Crippen LogP contribution in [-0.2, 0) is 18.3 Å². The highest BCUT2D eigenvalue weighted by Crippen LogP contribution is 2.45. The van der Waals surface area contributed by atoms with Gasteiger partial charge in [-0.15, -0.1) is 4.99 Å². The highest BCUT2D eigenvalue weighted by Gasteiger charge is 2.60. The van der Waals surface area contributed by atoms with Gasteiger partial charge in [-0.05, 0) is 36.3 Å². The Kier molecular flexibility index (Phi) is 5.77. The van der Waals surface area contributed by atoms with Crippen LogP contribution in [0.15, 0.2) is 4.99 Å². The van der Waals surface area contributed by atoms with Gasteiger partial charge in [0.25, 0.3) is 0 Å². The van der Waals surface area contributed by atoms with Gasteiger partial charge in [-0.1, -0.05) is 41.5 Å². The lowest BCUT2D eigenvalue weighted by atomic mass is 10.2. The normalized spacial score (nSPS) is 30.2. The smallest absolute Gasteiger partial charge is 0.349 e. The fraction of sp³-hybridized carbons (Fsp3) is 0.900. The molecule has 3 heterocycles. The van der Waals surface area contributed by atoms with Crippen LogP contribution in [0.25, 0.3) is 0 Å². The predicted octanol–water partition coefficient (Wildman–Crippen LogP) is 4.16. The molecule has 0 bridgehead atoms. The summed E-state index contributed by atoms with van der Waals surface area (Å²) in [6, 6.07) is 0.0138. The van der Waals surface area contributed by atoms with Crippen LogP contribution >= 0.6 is 0 Å². The lowest BCUT2D eigenvalue weighted by Gasteiger charge is -2.43. The third kappa shape index (κ3) is 4.08. The molecule has 172 valence electrons. The molecular weight excluding hydrogens is 418 g/mol. The standard InChI is InChI=1S/C20H39N3O5Si2/c1-19(2,3)29(8,9)27-14-13-15(23-12-22(7)17(24)21-18(23)25-13)26-16(14)28-30(10,11)20(4,5)6/h13-16H,12H2,1-11H3/t13-,14-,15+,16+/m0/s1. The maximum absolute atomic E-state index is 12.0. The molecule has 0 spiro atoms. The number of urea groups is 1. The fourth-order valence-electron chi connectivity index (χ4n) is 3.17. The molecule has 30 heavy (non-hydrogen) atoms. The Balaban J connectivity index is 1.92. The Morgan fingerprint density at radius 3 is 2.07 bits per heavy atom. The quantitative estimate of drug-likeness (QED) is 0.590. The van der Waals surface area contributed by atoms with Crippen molar-refractivity contribution < 1.29 is 23.1 Å². The third-order valence-corrected chi connectivity index (χ3v) is 16.2. The molecule has 3 aliphatic heterocycles. The van der Waals surface area contributed by atoms with Gasteiger partial charge in [-0.25, -0.2) is 4.79 Å². The second kappa shape index (κ2) is 7.29. The molecule has 2 amide bonds. The van der Waals surface area contributed by atoms with Gasteiger partial charge in [0.2, 0.25) is 0 Å². The minimum Gasteiger partial charge on any atom is -0.454 e. The number of nitrogens with zero attached hydrogens (tertiary/aromatic N) is 3. The van der Waals surface area contributed by atoms with Crippen LogP contribution in [0.1, 0.15) is 41.5 Å². The van der Waals surface area contributed by atoms with E-state index in [9.17, 15) is 4.79 Å². The van der Waals surface area contributed by atoms with Gasteiger partial charge in [0.05, 0.1) is 0 Å². The van der Waals surface area contributed by atoms with Crippen LogP contribution in [0, 0.1) is 0 Å². The van der Waals surface area contributed by atoms with Gasteiger partial charge in [-0.3, -0.25) is 4.90 Å². The number of carbonyl (C=O) groups is 1. The van der Waals surface area contributed by atoms with Crippen LogP contribution in [0.4, 0.5) is 4.79 Å². The van der Waals surface area contributed by atoms with E-state index in [-0.39, 0.29) is 34.5 Å². The molecule has 0 unspecified atom stereocenters. The molecule has 0 aromatic heterocycles. The number of aliphatic imine (C=N–C) groups is 1. The summed E-state index contributed by atoms with van der Waals surface area (Å²) < 4.78 is 26.1. The second-order valence-electron chi connectivity index (χ2n) is 11.7. The molecule has 2 fully saturated rings. The van der Waals surface area contributed by atoms with Crippen molar-refractivity contribution in [3.05, 3.63) is 0 Å². The zero-order valence-electron chi connectivity index (χ0n) is 20.4. The van der Waals surface area contributed by atoms with E-state index in [4.69, 9.17) is 18.3 Å². The summed E-state index contributed by atoms with van der Waals surface area (Å²) in [4.78, 5) is 19.5. The summed E-state index contributed by atoms with van der Waals surface area (Å²) in [5.41, 5.74) is 0. The SMILES string of the molecule is CN1CN2C(=NC1=O)O[C@H]1[C@H](O[Si](C)(C)C(C)(C)C)[C@@H](O[Si](C)(C)C(C)(C)C)O[C@H]12. The Morgan fingerprint density at radius 2 is 1.53 bits per heavy atom. The average Bonchev–Trinajstić information content (AvgIpc) is 3.03. The van der Waals surface area contributed by atoms with Crippen molar-refractivity contribution in [2.45, 2.75) is 103 Å². The molecule has 0 N–H and O–H groups in total. The van der Waals surface area contributed by atoms with Gasteiger partial charge in [0.15, 0.2) is 35.3 Å².